The Morgan fingerprint density at radius 2 is 0.535 bits per heavy atom. The molecule has 0 aromatic heterocycles. The van der Waals surface area contributed by atoms with E-state index in [4.69, 9.17) is 4.74 Å². The van der Waals surface area contributed by atoms with Crippen molar-refractivity contribution < 1.29 is 25.2 Å². The van der Waals surface area contributed by atoms with E-state index in [0.29, 0.717) is 0 Å². The number of phenolic OH excluding ortho intramolecular Hbond substituents is 4. The van der Waals surface area contributed by atoms with Crippen LogP contribution in [0, 0.1) is 0 Å². The third-order valence-electron chi connectivity index (χ3n) is 20.7. The molecule has 16 aromatic rings. The maximum absolute atomic E-state index is 11.8. The fourth-order valence-electron chi connectivity index (χ4n) is 14.7. The van der Waals surface area contributed by atoms with Gasteiger partial charge in [0.05, 0.1) is 4.90 Å². The second-order valence-electron chi connectivity index (χ2n) is 30.4. The zero-order valence-electron chi connectivity index (χ0n) is 64.2. The number of aromatic hydroxyl groups is 4. The minimum Gasteiger partial charge on any atom is -0.507 e. The van der Waals surface area contributed by atoms with E-state index < -0.39 is 0 Å². The van der Waals surface area contributed by atoms with Crippen molar-refractivity contribution in [3.8, 4) is 135 Å². The molecule has 0 bridgehead atoms. The standard InChI is InChI=1S/C57H50O3S2.C48H34O2S2/c1-56(2,3)40-32-39-31-38-33-47(57(4,5)6)51(61-49-29-15-13-23-43(49)45-27-17-25-41(53(45)58)36-19-9-7-10-20-36)35-48(38)60-55(39)52(34-40)62-50-30-16-14-24-44(50)46-28-18-26-42(54(46)59)37-21-11-8-12-22-37;49-47-39(35-13-3-1-4-14-35)19-11-21-43(47)41-17-7-9-23-45(41)51-37-29-25-33(26-30-37)34-27-31-38(32-28-34)52-46-24-10-8-18-42(46)44-22-12-20-40(48(44)50)36-15-5-2-6-16-36/h7-30,32-35,58-59H,31H2,1-6H3;1-32,49-50H. The molecule has 16 aromatic carbocycles. The van der Waals surface area contributed by atoms with E-state index in [9.17, 15) is 20.4 Å². The van der Waals surface area contributed by atoms with Gasteiger partial charge in [0.25, 0.3) is 0 Å². The summed E-state index contributed by atoms with van der Waals surface area (Å²) >= 11 is 6.80. The number of phenols is 4. The van der Waals surface area contributed by atoms with Gasteiger partial charge in [0, 0.05) is 90.8 Å². The van der Waals surface area contributed by atoms with Crippen LogP contribution in [0.5, 0.6) is 34.5 Å². The van der Waals surface area contributed by atoms with E-state index >= 15 is 0 Å². The lowest BCUT2D eigenvalue weighted by Crippen LogP contribution is -2.16. The quantitative estimate of drug-likeness (QED) is 0.0712. The number of benzene rings is 16. The lowest BCUT2D eigenvalue weighted by Gasteiger charge is -2.30. The molecule has 0 aliphatic carbocycles. The molecule has 558 valence electrons. The van der Waals surface area contributed by atoms with Crippen LogP contribution in [0.4, 0.5) is 0 Å². The molecule has 17 rings (SSSR count). The van der Waals surface area contributed by atoms with Crippen LogP contribution in [-0.4, -0.2) is 20.4 Å². The van der Waals surface area contributed by atoms with Gasteiger partial charge in [0.1, 0.15) is 34.5 Å². The van der Waals surface area contributed by atoms with Crippen LogP contribution in [0.15, 0.2) is 403 Å². The Hall–Kier alpha value is -12.1. The van der Waals surface area contributed by atoms with Gasteiger partial charge in [-0.25, -0.2) is 0 Å². The highest BCUT2D eigenvalue weighted by molar-refractivity contribution is 8.00. The molecule has 0 saturated carbocycles. The highest BCUT2D eigenvalue weighted by Crippen LogP contribution is 2.54. The molecule has 1 heterocycles. The summed E-state index contributed by atoms with van der Waals surface area (Å²) in [5, 5.41) is 46.2. The van der Waals surface area contributed by atoms with Crippen molar-refractivity contribution in [1.29, 1.82) is 0 Å². The molecule has 9 heteroatoms. The van der Waals surface area contributed by atoms with Gasteiger partial charge in [0.2, 0.25) is 0 Å². The van der Waals surface area contributed by atoms with Crippen LogP contribution in [0.25, 0.3) is 100 Å². The van der Waals surface area contributed by atoms with E-state index in [0.717, 1.165) is 157 Å². The summed E-state index contributed by atoms with van der Waals surface area (Å²) in [5.74, 6) is 2.84. The minimum atomic E-state index is -0.150. The van der Waals surface area contributed by atoms with E-state index in [1.165, 1.54) is 22.3 Å². The maximum atomic E-state index is 11.8. The van der Waals surface area contributed by atoms with Gasteiger partial charge in [0.15, 0.2) is 0 Å². The summed E-state index contributed by atoms with van der Waals surface area (Å²) in [6.45, 7) is 13.6. The zero-order valence-corrected chi connectivity index (χ0v) is 67.4. The molecule has 0 saturated heterocycles. The van der Waals surface area contributed by atoms with Gasteiger partial charge < -0.3 is 25.2 Å². The number of hydrogen-bond donors (Lipinski definition) is 4. The first-order valence-corrected chi connectivity index (χ1v) is 41.5. The summed E-state index contributed by atoms with van der Waals surface area (Å²) in [7, 11) is 0. The van der Waals surface area contributed by atoms with Gasteiger partial charge >= 0.3 is 0 Å². The van der Waals surface area contributed by atoms with Gasteiger partial charge in [-0.1, -0.05) is 392 Å². The summed E-state index contributed by atoms with van der Waals surface area (Å²) in [5.41, 5.74) is 21.2. The molecule has 1 aliphatic heterocycles. The van der Waals surface area contributed by atoms with Gasteiger partial charge in [-0.3, -0.25) is 0 Å². The summed E-state index contributed by atoms with van der Waals surface area (Å²) in [6.07, 6.45) is 0.745. The first-order chi connectivity index (χ1) is 55.4. The molecule has 0 amide bonds. The number of para-hydroxylation sites is 4. The lowest BCUT2D eigenvalue weighted by molar-refractivity contribution is 0.443. The Balaban J connectivity index is 0.000000174. The SMILES string of the molecule is CC(C)(C)c1cc2c(c(Sc3ccccc3-c3cccc(-c4ccccc4)c3O)c1)Oc1cc(Sc3ccccc3-c3cccc(-c4ccccc4)c3O)c(C(C)(C)C)cc1C2.Oc1c(-c2ccccc2)cccc1-c1ccccc1Sc1ccc(-c2ccc(Sc3ccccc3-c3cccc(-c4ccccc4)c3O)cc2)cc1. The molecule has 0 spiro atoms. The van der Waals surface area contributed by atoms with E-state index in [1.54, 1.807) is 47.0 Å². The van der Waals surface area contributed by atoms with Gasteiger partial charge in [-0.15, -0.1) is 0 Å². The Morgan fingerprint density at radius 1 is 0.237 bits per heavy atom. The molecule has 1 aliphatic rings. The number of ether oxygens (including phenoxy) is 1. The van der Waals surface area contributed by atoms with Gasteiger partial charge in [-0.05, 0) is 144 Å². The normalized spacial score (nSPS) is 11.7. The van der Waals surface area contributed by atoms with Crippen LogP contribution in [0.2, 0.25) is 0 Å². The summed E-state index contributed by atoms with van der Waals surface area (Å²) in [4.78, 5) is 8.65. The second-order valence-corrected chi connectivity index (χ2v) is 34.8. The highest BCUT2D eigenvalue weighted by atomic mass is 32.2. The predicted molar refractivity (Wildman–Crippen MR) is 477 cm³/mol. The van der Waals surface area contributed by atoms with Crippen molar-refractivity contribution in [3.05, 3.63) is 386 Å². The first-order valence-electron chi connectivity index (χ1n) is 38.3. The first kappa shape index (κ1) is 75.9. The van der Waals surface area contributed by atoms with Crippen LogP contribution in [-0.2, 0) is 17.3 Å². The van der Waals surface area contributed by atoms with E-state index in [2.05, 4.69) is 175 Å². The van der Waals surface area contributed by atoms with Crippen molar-refractivity contribution in [1.82, 2.24) is 0 Å². The number of fused-ring (bicyclic) bond motifs is 2. The Labute approximate surface area is 685 Å². The number of rotatable bonds is 17. The van der Waals surface area contributed by atoms with Crippen LogP contribution < -0.4 is 4.74 Å². The van der Waals surface area contributed by atoms with Crippen LogP contribution >= 0.6 is 47.0 Å². The van der Waals surface area contributed by atoms with Crippen LogP contribution in [0.1, 0.15) is 63.8 Å². The maximum Gasteiger partial charge on any atom is 0.144 e. The fraction of sp³-hybridized carbons (Fsp3) is 0.0857. The molecular weight excluding hydrogens is 1470 g/mol. The van der Waals surface area contributed by atoms with Crippen molar-refractivity contribution in [2.45, 2.75) is 98.0 Å². The molecule has 0 atom stereocenters. The smallest absolute Gasteiger partial charge is 0.144 e. The van der Waals surface area contributed by atoms with Crippen molar-refractivity contribution in [2.24, 2.45) is 0 Å². The summed E-state index contributed by atoms with van der Waals surface area (Å²) < 4.78 is 7.12. The predicted octanol–water partition coefficient (Wildman–Crippen LogP) is 30.1. The average molecular weight is 1550 g/mol. The monoisotopic (exact) mass is 1550 g/mol. The topological polar surface area (TPSA) is 90.2 Å². The van der Waals surface area contributed by atoms with Crippen molar-refractivity contribution in [3.63, 3.8) is 0 Å². The molecule has 4 N–H and O–H groups in total. The molecule has 114 heavy (non-hydrogen) atoms. The van der Waals surface area contributed by atoms with Gasteiger partial charge in [-0.2, -0.15) is 0 Å². The second kappa shape index (κ2) is 33.3. The Kier molecular flexibility index (Phi) is 22.2. The molecule has 0 unspecified atom stereocenters. The lowest BCUT2D eigenvalue weighted by atomic mass is 9.83. The van der Waals surface area contributed by atoms with Crippen molar-refractivity contribution >= 4 is 47.0 Å². The molecule has 0 radical (unpaired) electrons. The number of hydrogen-bond acceptors (Lipinski definition) is 9. The zero-order chi connectivity index (χ0) is 78.5. The summed E-state index contributed by atoms with van der Waals surface area (Å²) in [6, 6.07) is 124. The Morgan fingerprint density at radius 3 is 0.868 bits per heavy atom. The average Bonchev–Trinajstić information content (AvgIpc) is 0.743. The molecular formula is C105H84O5S4. The fourth-order valence-corrected chi connectivity index (χ4v) is 19.1. The largest absolute Gasteiger partial charge is 0.507 e. The molecule has 5 nitrogen and oxygen atoms in total. The molecule has 0 fully saturated rings. The minimum absolute atomic E-state index is 0.0913. The van der Waals surface area contributed by atoms with E-state index in [1.807, 2.05) is 231 Å². The third-order valence-corrected chi connectivity index (χ3v) is 25.1. The van der Waals surface area contributed by atoms with E-state index in [-0.39, 0.29) is 33.8 Å². The Bertz CT molecular complexity index is 5980. The highest BCUT2D eigenvalue weighted by Gasteiger charge is 2.31. The van der Waals surface area contributed by atoms with Crippen molar-refractivity contribution in [2.75, 3.05) is 0 Å². The van der Waals surface area contributed by atoms with Crippen LogP contribution in [0.3, 0.4) is 0 Å². The third kappa shape index (κ3) is 16.4.